The first kappa shape index (κ1) is 13.7. The Morgan fingerprint density at radius 1 is 1.25 bits per heavy atom. The molecule has 1 aromatic carbocycles. The fraction of sp³-hybridized carbons (Fsp3) is 0.571. The van der Waals surface area contributed by atoms with Crippen molar-refractivity contribution < 1.29 is 0 Å². The zero-order valence-electron chi connectivity index (χ0n) is 10.3. The molecule has 0 aliphatic rings. The van der Waals surface area contributed by atoms with Crippen LogP contribution in [-0.2, 0) is 6.54 Å². The normalized spacial score (nSPS) is 13.0. The van der Waals surface area contributed by atoms with E-state index < -0.39 is 0 Å². The van der Waals surface area contributed by atoms with Gasteiger partial charge in [-0.1, -0.05) is 66.5 Å². The van der Waals surface area contributed by atoms with Crippen LogP contribution in [0.1, 0.15) is 25.8 Å². The van der Waals surface area contributed by atoms with E-state index >= 15 is 0 Å². The molecule has 0 fully saturated rings. The Hall–Kier alpha value is -0.340. The maximum absolute atomic E-state index is 3.53. The van der Waals surface area contributed by atoms with E-state index in [2.05, 4.69) is 65.0 Å². The third-order valence-corrected chi connectivity index (χ3v) is 3.27. The Kier molecular flexibility index (Phi) is 6.74. The van der Waals surface area contributed by atoms with Crippen molar-refractivity contribution in [3.05, 3.63) is 35.9 Å². The Morgan fingerprint density at radius 3 is 2.50 bits per heavy atom. The van der Waals surface area contributed by atoms with Gasteiger partial charge in [-0.15, -0.1) is 0 Å². The first-order valence-corrected chi connectivity index (χ1v) is 7.20. The van der Waals surface area contributed by atoms with Gasteiger partial charge in [-0.25, -0.2) is 0 Å². The molecular weight excluding hydrogens is 262 g/mol. The topological polar surface area (TPSA) is 3.24 Å². The fourth-order valence-electron chi connectivity index (χ4n) is 1.77. The maximum atomic E-state index is 3.53. The molecule has 0 bridgehead atoms. The number of hydrogen-bond donors (Lipinski definition) is 0. The summed E-state index contributed by atoms with van der Waals surface area (Å²) in [5.74, 6) is 0.780. The lowest BCUT2D eigenvalue weighted by atomic mass is 10.1. The Labute approximate surface area is 108 Å². The van der Waals surface area contributed by atoms with Crippen LogP contribution in [0.2, 0.25) is 0 Å². The van der Waals surface area contributed by atoms with Crippen molar-refractivity contribution in [3.8, 4) is 0 Å². The minimum Gasteiger partial charge on any atom is -0.298 e. The Morgan fingerprint density at radius 2 is 1.94 bits per heavy atom. The van der Waals surface area contributed by atoms with Gasteiger partial charge < -0.3 is 0 Å². The summed E-state index contributed by atoms with van der Waals surface area (Å²) in [6, 6.07) is 10.7. The second kappa shape index (κ2) is 7.86. The van der Waals surface area contributed by atoms with Crippen molar-refractivity contribution in [2.45, 2.75) is 26.8 Å². The van der Waals surface area contributed by atoms with Crippen LogP contribution >= 0.6 is 15.9 Å². The van der Waals surface area contributed by atoms with E-state index in [9.17, 15) is 0 Å². The van der Waals surface area contributed by atoms with Gasteiger partial charge in [0.25, 0.3) is 0 Å². The average Bonchev–Trinajstić information content (AvgIpc) is 2.30. The van der Waals surface area contributed by atoms with Crippen LogP contribution < -0.4 is 0 Å². The highest BCUT2D eigenvalue weighted by Crippen LogP contribution is 2.09. The van der Waals surface area contributed by atoms with Crippen LogP contribution in [0.15, 0.2) is 30.3 Å². The molecule has 0 heterocycles. The van der Waals surface area contributed by atoms with Gasteiger partial charge in [-0.2, -0.15) is 0 Å². The standard InChI is InChI=1S/C14H22BrN/c1-3-13(2)11-16(10-9-15)12-14-7-5-4-6-8-14/h4-8,13H,3,9-12H2,1-2H3. The lowest BCUT2D eigenvalue weighted by Gasteiger charge is -2.24. The smallest absolute Gasteiger partial charge is 0.0234 e. The van der Waals surface area contributed by atoms with Crippen molar-refractivity contribution in [1.82, 2.24) is 4.90 Å². The second-order valence-corrected chi connectivity index (χ2v) is 5.22. The summed E-state index contributed by atoms with van der Waals surface area (Å²) in [6.45, 7) is 7.97. The van der Waals surface area contributed by atoms with Gasteiger partial charge >= 0.3 is 0 Å². The monoisotopic (exact) mass is 283 g/mol. The highest BCUT2D eigenvalue weighted by Gasteiger charge is 2.08. The van der Waals surface area contributed by atoms with E-state index in [-0.39, 0.29) is 0 Å². The maximum Gasteiger partial charge on any atom is 0.0234 e. The highest BCUT2D eigenvalue weighted by atomic mass is 79.9. The molecule has 90 valence electrons. The minimum absolute atomic E-state index is 0.780. The predicted molar refractivity (Wildman–Crippen MR) is 75.0 cm³/mol. The molecule has 0 aliphatic carbocycles. The summed E-state index contributed by atoms with van der Waals surface area (Å²) in [7, 11) is 0. The van der Waals surface area contributed by atoms with Crippen LogP contribution in [0.5, 0.6) is 0 Å². The number of rotatable bonds is 7. The second-order valence-electron chi connectivity index (χ2n) is 4.42. The summed E-state index contributed by atoms with van der Waals surface area (Å²) in [4.78, 5) is 2.53. The van der Waals surface area contributed by atoms with E-state index in [4.69, 9.17) is 0 Å². The molecule has 16 heavy (non-hydrogen) atoms. The number of alkyl halides is 1. The van der Waals surface area contributed by atoms with Gasteiger partial charge in [-0.3, -0.25) is 4.90 Å². The molecule has 0 saturated heterocycles. The molecule has 1 nitrogen and oxygen atoms in total. The molecule has 0 radical (unpaired) electrons. The predicted octanol–water partition coefficient (Wildman–Crippen LogP) is 3.93. The van der Waals surface area contributed by atoms with Crippen LogP contribution in [-0.4, -0.2) is 23.3 Å². The molecule has 1 unspecified atom stereocenters. The zero-order valence-corrected chi connectivity index (χ0v) is 11.9. The minimum atomic E-state index is 0.780. The first-order valence-electron chi connectivity index (χ1n) is 6.08. The van der Waals surface area contributed by atoms with E-state index in [1.807, 2.05) is 0 Å². The molecule has 0 aliphatic heterocycles. The lowest BCUT2D eigenvalue weighted by Crippen LogP contribution is -2.29. The summed E-state index contributed by atoms with van der Waals surface area (Å²) in [6.07, 6.45) is 1.26. The third-order valence-electron chi connectivity index (χ3n) is 2.92. The third kappa shape index (κ3) is 5.13. The number of benzene rings is 1. The van der Waals surface area contributed by atoms with Crippen LogP contribution in [0.25, 0.3) is 0 Å². The van der Waals surface area contributed by atoms with Gasteiger partial charge in [-0.05, 0) is 11.5 Å². The summed E-state index contributed by atoms with van der Waals surface area (Å²) >= 11 is 3.53. The first-order chi connectivity index (χ1) is 7.76. The lowest BCUT2D eigenvalue weighted by molar-refractivity contribution is 0.240. The van der Waals surface area contributed by atoms with Gasteiger partial charge in [0, 0.05) is 25.0 Å². The fourth-order valence-corrected chi connectivity index (χ4v) is 2.27. The molecule has 0 spiro atoms. The zero-order chi connectivity index (χ0) is 11.8. The average molecular weight is 284 g/mol. The largest absolute Gasteiger partial charge is 0.298 e. The Balaban J connectivity index is 2.50. The van der Waals surface area contributed by atoms with E-state index in [0.29, 0.717) is 0 Å². The highest BCUT2D eigenvalue weighted by molar-refractivity contribution is 9.09. The van der Waals surface area contributed by atoms with E-state index in [1.54, 1.807) is 0 Å². The number of hydrogen-bond acceptors (Lipinski definition) is 1. The van der Waals surface area contributed by atoms with E-state index in [1.165, 1.54) is 18.5 Å². The molecule has 0 saturated carbocycles. The van der Waals surface area contributed by atoms with Gasteiger partial charge in [0.2, 0.25) is 0 Å². The SMILES string of the molecule is CCC(C)CN(CCBr)Cc1ccccc1. The van der Waals surface area contributed by atoms with E-state index in [0.717, 1.165) is 24.3 Å². The van der Waals surface area contributed by atoms with Crippen molar-refractivity contribution in [1.29, 1.82) is 0 Å². The van der Waals surface area contributed by atoms with Gasteiger partial charge in [0.1, 0.15) is 0 Å². The van der Waals surface area contributed by atoms with Crippen molar-refractivity contribution >= 4 is 15.9 Å². The van der Waals surface area contributed by atoms with Crippen LogP contribution in [0.3, 0.4) is 0 Å². The molecule has 1 rings (SSSR count). The van der Waals surface area contributed by atoms with Gasteiger partial charge in [0.05, 0.1) is 0 Å². The van der Waals surface area contributed by atoms with Crippen molar-refractivity contribution in [2.75, 3.05) is 18.4 Å². The molecule has 0 amide bonds. The molecule has 0 N–H and O–H groups in total. The van der Waals surface area contributed by atoms with Crippen molar-refractivity contribution in [2.24, 2.45) is 5.92 Å². The quantitative estimate of drug-likeness (QED) is 0.686. The van der Waals surface area contributed by atoms with Gasteiger partial charge in [0.15, 0.2) is 0 Å². The summed E-state index contributed by atoms with van der Waals surface area (Å²) in [5.41, 5.74) is 1.41. The molecular formula is C14H22BrN. The summed E-state index contributed by atoms with van der Waals surface area (Å²) < 4.78 is 0. The van der Waals surface area contributed by atoms with Crippen LogP contribution in [0.4, 0.5) is 0 Å². The summed E-state index contributed by atoms with van der Waals surface area (Å²) in [5, 5.41) is 1.05. The number of halogens is 1. The molecule has 0 aromatic heterocycles. The molecule has 1 aromatic rings. The molecule has 1 atom stereocenters. The number of nitrogens with zero attached hydrogens (tertiary/aromatic N) is 1. The van der Waals surface area contributed by atoms with Crippen molar-refractivity contribution in [3.63, 3.8) is 0 Å². The molecule has 2 heteroatoms. The Bertz CT molecular complexity index is 273. The van der Waals surface area contributed by atoms with Crippen LogP contribution in [0, 0.1) is 5.92 Å².